The molecule has 0 spiro atoms. The second kappa shape index (κ2) is 13.7. The normalized spacial score (nSPS) is 12.0. The Balaban J connectivity index is 2.04. The SMILES string of the molecule is COc1ccc(S(=O)(=O)N(CC(=O)N(Cc2ccc(Br)cc2)[C@H](C)C(=O)NC(C)C)c2ccccc2)cc1OC. The standard InChI is InChI=1S/C29H34BrN3O6S/c1-20(2)31-29(35)21(3)32(18-22-11-13-23(30)14-12-22)28(34)19-33(24-9-7-6-8-10-24)40(36,37)25-15-16-26(38-4)27(17-25)39-5/h6-17,20-21H,18-19H2,1-5H3,(H,31,35)/t21-/m1/s1. The molecule has 0 aromatic heterocycles. The first-order valence-corrected chi connectivity index (χ1v) is 14.8. The van der Waals surface area contributed by atoms with Crippen LogP contribution in [0.1, 0.15) is 26.3 Å². The van der Waals surface area contributed by atoms with Gasteiger partial charge in [0.2, 0.25) is 11.8 Å². The number of sulfonamides is 1. The molecule has 0 radical (unpaired) electrons. The molecule has 0 aliphatic carbocycles. The highest BCUT2D eigenvalue weighted by atomic mass is 79.9. The number of anilines is 1. The van der Waals surface area contributed by atoms with Crippen LogP contribution in [0.25, 0.3) is 0 Å². The van der Waals surface area contributed by atoms with Gasteiger partial charge in [-0.25, -0.2) is 8.42 Å². The summed E-state index contributed by atoms with van der Waals surface area (Å²) in [7, 11) is -1.37. The van der Waals surface area contributed by atoms with Crippen LogP contribution >= 0.6 is 15.9 Å². The van der Waals surface area contributed by atoms with Gasteiger partial charge in [-0.05, 0) is 62.7 Å². The van der Waals surface area contributed by atoms with Gasteiger partial charge in [0.25, 0.3) is 10.0 Å². The molecule has 0 bridgehead atoms. The Hall–Kier alpha value is -3.57. The maximum atomic E-state index is 14.0. The summed E-state index contributed by atoms with van der Waals surface area (Å²) in [6.45, 7) is 4.87. The van der Waals surface area contributed by atoms with Crippen molar-refractivity contribution >= 4 is 43.5 Å². The Morgan fingerprint density at radius 1 is 0.900 bits per heavy atom. The van der Waals surface area contributed by atoms with Gasteiger partial charge >= 0.3 is 0 Å². The summed E-state index contributed by atoms with van der Waals surface area (Å²) in [5.74, 6) is -0.273. The minimum atomic E-state index is -4.24. The largest absolute Gasteiger partial charge is 0.493 e. The molecule has 0 aliphatic heterocycles. The van der Waals surface area contributed by atoms with Crippen molar-refractivity contribution < 1.29 is 27.5 Å². The molecule has 11 heteroatoms. The number of carbonyl (C=O) groups is 2. The van der Waals surface area contributed by atoms with E-state index in [4.69, 9.17) is 9.47 Å². The fraction of sp³-hybridized carbons (Fsp3) is 0.310. The lowest BCUT2D eigenvalue weighted by atomic mass is 10.1. The first-order chi connectivity index (χ1) is 19.0. The van der Waals surface area contributed by atoms with Crippen LogP contribution in [0.5, 0.6) is 11.5 Å². The highest BCUT2D eigenvalue weighted by molar-refractivity contribution is 9.10. The summed E-state index contributed by atoms with van der Waals surface area (Å²) in [6.07, 6.45) is 0. The van der Waals surface area contributed by atoms with Crippen LogP contribution in [0.4, 0.5) is 5.69 Å². The molecule has 1 N–H and O–H groups in total. The maximum Gasteiger partial charge on any atom is 0.264 e. The van der Waals surface area contributed by atoms with Crippen molar-refractivity contribution in [1.29, 1.82) is 0 Å². The number of para-hydroxylation sites is 1. The predicted octanol–water partition coefficient (Wildman–Crippen LogP) is 4.60. The Kier molecular flexibility index (Phi) is 10.6. The fourth-order valence-corrected chi connectivity index (χ4v) is 5.70. The molecule has 0 aliphatic rings. The van der Waals surface area contributed by atoms with Crippen LogP contribution in [0.15, 0.2) is 82.2 Å². The van der Waals surface area contributed by atoms with Gasteiger partial charge in [-0.15, -0.1) is 0 Å². The van der Waals surface area contributed by atoms with Crippen LogP contribution in [-0.4, -0.2) is 58.0 Å². The van der Waals surface area contributed by atoms with Crippen molar-refractivity contribution in [2.24, 2.45) is 0 Å². The molecule has 1 atom stereocenters. The second-order valence-corrected chi connectivity index (χ2v) is 12.1. The zero-order valence-electron chi connectivity index (χ0n) is 23.1. The van der Waals surface area contributed by atoms with Gasteiger partial charge in [0.1, 0.15) is 12.6 Å². The van der Waals surface area contributed by atoms with Crippen molar-refractivity contribution in [3.63, 3.8) is 0 Å². The number of halogens is 1. The van der Waals surface area contributed by atoms with E-state index in [-0.39, 0.29) is 29.1 Å². The van der Waals surface area contributed by atoms with Gasteiger partial charge in [0, 0.05) is 23.1 Å². The minimum absolute atomic E-state index is 0.0770. The summed E-state index contributed by atoms with van der Waals surface area (Å²) in [5, 5.41) is 2.84. The lowest BCUT2D eigenvalue weighted by molar-refractivity contribution is -0.139. The predicted molar refractivity (Wildman–Crippen MR) is 158 cm³/mol. The maximum absolute atomic E-state index is 14.0. The number of benzene rings is 3. The fourth-order valence-electron chi connectivity index (χ4n) is 4.00. The third kappa shape index (κ3) is 7.54. The van der Waals surface area contributed by atoms with Gasteiger partial charge in [-0.1, -0.05) is 46.3 Å². The molecule has 3 aromatic carbocycles. The highest BCUT2D eigenvalue weighted by Crippen LogP contribution is 2.32. The van der Waals surface area contributed by atoms with Crippen LogP contribution in [0, 0.1) is 0 Å². The summed E-state index contributed by atoms with van der Waals surface area (Å²) in [6, 6.07) is 19.0. The van der Waals surface area contributed by atoms with Gasteiger partial charge in [0.05, 0.1) is 24.8 Å². The van der Waals surface area contributed by atoms with Crippen LogP contribution in [0.3, 0.4) is 0 Å². The lowest BCUT2D eigenvalue weighted by Crippen LogP contribution is -2.52. The van der Waals surface area contributed by atoms with E-state index in [2.05, 4.69) is 21.2 Å². The number of amides is 2. The Bertz CT molecular complexity index is 1420. The zero-order valence-corrected chi connectivity index (χ0v) is 25.5. The van der Waals surface area contributed by atoms with Gasteiger partial charge in [-0.2, -0.15) is 0 Å². The van der Waals surface area contributed by atoms with Gasteiger partial charge in [-0.3, -0.25) is 13.9 Å². The van der Waals surface area contributed by atoms with E-state index in [0.29, 0.717) is 11.4 Å². The van der Waals surface area contributed by atoms with E-state index in [1.54, 1.807) is 37.3 Å². The molecule has 2 amide bonds. The smallest absolute Gasteiger partial charge is 0.264 e. The van der Waals surface area contributed by atoms with Crippen molar-refractivity contribution in [3.05, 3.63) is 82.8 Å². The number of hydrogen-bond acceptors (Lipinski definition) is 6. The summed E-state index contributed by atoms with van der Waals surface area (Å²) in [4.78, 5) is 28.2. The first-order valence-electron chi connectivity index (χ1n) is 12.6. The molecule has 0 unspecified atom stereocenters. The van der Waals surface area contributed by atoms with E-state index in [1.165, 1.54) is 37.3 Å². The first kappa shape index (κ1) is 31.0. The Morgan fingerprint density at radius 2 is 1.52 bits per heavy atom. The lowest BCUT2D eigenvalue weighted by Gasteiger charge is -2.32. The molecule has 0 heterocycles. The van der Waals surface area contributed by atoms with Crippen molar-refractivity contribution in [2.45, 2.75) is 44.3 Å². The molecule has 0 fully saturated rings. The molecule has 3 rings (SSSR count). The van der Waals surface area contributed by atoms with Crippen LogP contribution < -0.4 is 19.1 Å². The number of ether oxygens (including phenoxy) is 2. The highest BCUT2D eigenvalue weighted by Gasteiger charge is 2.33. The topological polar surface area (TPSA) is 105 Å². The quantitative estimate of drug-likeness (QED) is 0.313. The van der Waals surface area contributed by atoms with Crippen LogP contribution in [-0.2, 0) is 26.2 Å². The van der Waals surface area contributed by atoms with Gasteiger partial charge < -0.3 is 19.7 Å². The van der Waals surface area contributed by atoms with Crippen molar-refractivity contribution in [1.82, 2.24) is 10.2 Å². The molecular weight excluding hydrogens is 598 g/mol. The average Bonchev–Trinajstić information content (AvgIpc) is 2.94. The number of carbonyl (C=O) groups excluding carboxylic acids is 2. The molecule has 40 heavy (non-hydrogen) atoms. The van der Waals surface area contributed by atoms with E-state index in [1.807, 2.05) is 38.1 Å². The molecule has 3 aromatic rings. The van der Waals surface area contributed by atoms with E-state index in [9.17, 15) is 18.0 Å². The molecule has 9 nitrogen and oxygen atoms in total. The average molecular weight is 633 g/mol. The Morgan fingerprint density at radius 3 is 2.10 bits per heavy atom. The number of rotatable bonds is 12. The minimum Gasteiger partial charge on any atom is -0.493 e. The monoisotopic (exact) mass is 631 g/mol. The van der Waals surface area contributed by atoms with Gasteiger partial charge in [0.15, 0.2) is 11.5 Å². The summed E-state index contributed by atoms with van der Waals surface area (Å²) in [5.41, 5.74) is 1.09. The third-order valence-corrected chi connectivity index (χ3v) is 8.43. The summed E-state index contributed by atoms with van der Waals surface area (Å²) >= 11 is 3.41. The Labute approximate surface area is 244 Å². The number of nitrogens with one attached hydrogen (secondary N) is 1. The van der Waals surface area contributed by atoms with Crippen molar-refractivity contribution in [3.8, 4) is 11.5 Å². The molecule has 0 saturated carbocycles. The number of nitrogens with zero attached hydrogens (tertiary/aromatic N) is 2. The zero-order chi connectivity index (χ0) is 29.4. The molecular formula is C29H34BrN3O6S. The van der Waals surface area contributed by atoms with E-state index < -0.39 is 28.5 Å². The third-order valence-electron chi connectivity index (χ3n) is 6.13. The van der Waals surface area contributed by atoms with E-state index >= 15 is 0 Å². The van der Waals surface area contributed by atoms with Crippen LogP contribution in [0.2, 0.25) is 0 Å². The van der Waals surface area contributed by atoms with E-state index in [0.717, 1.165) is 14.3 Å². The summed E-state index contributed by atoms with van der Waals surface area (Å²) < 4.78 is 40.4. The number of methoxy groups -OCH3 is 2. The molecule has 214 valence electrons. The second-order valence-electron chi connectivity index (χ2n) is 9.35. The molecule has 0 saturated heterocycles. The number of hydrogen-bond donors (Lipinski definition) is 1. The van der Waals surface area contributed by atoms with Crippen molar-refractivity contribution in [2.75, 3.05) is 25.1 Å².